The molecule has 0 atom stereocenters. The summed E-state index contributed by atoms with van der Waals surface area (Å²) in [6.07, 6.45) is 0. The van der Waals surface area contributed by atoms with Gasteiger partial charge in [0.1, 0.15) is 11.5 Å². The van der Waals surface area contributed by atoms with E-state index in [9.17, 15) is 4.79 Å². The van der Waals surface area contributed by atoms with Gasteiger partial charge in [-0.15, -0.1) is 0 Å². The zero-order valence-electron chi connectivity index (χ0n) is 16.9. The molecule has 0 bridgehead atoms. The van der Waals surface area contributed by atoms with E-state index in [1.165, 1.54) is 11.8 Å². The molecular weight excluding hydrogens is 396 g/mol. The van der Waals surface area contributed by atoms with Gasteiger partial charge in [0, 0.05) is 11.3 Å². The summed E-state index contributed by atoms with van der Waals surface area (Å²) in [5.41, 5.74) is 2.73. The van der Waals surface area contributed by atoms with Crippen LogP contribution in [0.15, 0.2) is 82.7 Å². The molecule has 4 rings (SSSR count). The number of thioether (sulfide) groups is 1. The Bertz CT molecular complexity index is 1220. The second kappa shape index (κ2) is 9.05. The molecule has 0 saturated heterocycles. The molecule has 3 aromatic carbocycles. The number of hydrogen-bond donors (Lipinski definition) is 0. The second-order valence-electron chi connectivity index (χ2n) is 6.75. The van der Waals surface area contributed by atoms with Crippen LogP contribution in [0.4, 0.5) is 0 Å². The number of ether oxygens (including phenoxy) is 2. The van der Waals surface area contributed by atoms with Crippen LogP contribution in [0.1, 0.15) is 11.1 Å². The second-order valence-corrected chi connectivity index (χ2v) is 7.69. The molecule has 0 spiro atoms. The monoisotopic (exact) mass is 418 g/mol. The van der Waals surface area contributed by atoms with Crippen molar-refractivity contribution >= 4 is 22.7 Å². The van der Waals surface area contributed by atoms with Gasteiger partial charge in [-0.05, 0) is 35.9 Å². The smallest absolute Gasteiger partial charge is 0.262 e. The third-order valence-electron chi connectivity index (χ3n) is 4.88. The molecule has 152 valence electrons. The van der Waals surface area contributed by atoms with Gasteiger partial charge in [-0.25, -0.2) is 4.98 Å². The van der Waals surface area contributed by atoms with E-state index >= 15 is 0 Å². The summed E-state index contributed by atoms with van der Waals surface area (Å²) in [5, 5.41) is 1.30. The third kappa shape index (κ3) is 4.19. The van der Waals surface area contributed by atoms with Crippen molar-refractivity contribution in [2.45, 2.75) is 17.5 Å². The maximum atomic E-state index is 13.3. The molecule has 0 aliphatic carbocycles. The van der Waals surface area contributed by atoms with Crippen LogP contribution in [0.25, 0.3) is 10.9 Å². The van der Waals surface area contributed by atoms with Crippen molar-refractivity contribution in [3.05, 3.63) is 94.3 Å². The Balaban J connectivity index is 1.72. The molecule has 0 fully saturated rings. The molecule has 0 aliphatic rings. The molecule has 0 saturated carbocycles. The fraction of sp³-hybridized carbons (Fsp3) is 0.167. The minimum absolute atomic E-state index is 0.0426. The molecule has 0 amide bonds. The number of nitrogens with zero attached hydrogens (tertiary/aromatic N) is 2. The average Bonchev–Trinajstić information content (AvgIpc) is 2.80. The normalized spacial score (nSPS) is 10.9. The van der Waals surface area contributed by atoms with E-state index in [-0.39, 0.29) is 5.56 Å². The minimum Gasteiger partial charge on any atom is -0.497 e. The number of hydrogen-bond acceptors (Lipinski definition) is 5. The number of benzene rings is 3. The topological polar surface area (TPSA) is 53.4 Å². The van der Waals surface area contributed by atoms with Crippen LogP contribution in [0, 0.1) is 0 Å². The Kier molecular flexibility index (Phi) is 6.05. The Morgan fingerprint density at radius 2 is 1.63 bits per heavy atom. The molecule has 30 heavy (non-hydrogen) atoms. The maximum Gasteiger partial charge on any atom is 0.262 e. The van der Waals surface area contributed by atoms with Crippen LogP contribution >= 0.6 is 11.8 Å². The first-order valence-electron chi connectivity index (χ1n) is 9.57. The van der Waals surface area contributed by atoms with Gasteiger partial charge < -0.3 is 9.47 Å². The van der Waals surface area contributed by atoms with Gasteiger partial charge in [0.05, 0.1) is 31.7 Å². The van der Waals surface area contributed by atoms with Crippen LogP contribution in [-0.4, -0.2) is 23.8 Å². The van der Waals surface area contributed by atoms with Gasteiger partial charge in [0.2, 0.25) is 0 Å². The highest BCUT2D eigenvalue weighted by molar-refractivity contribution is 7.98. The average molecular weight is 419 g/mol. The van der Waals surface area contributed by atoms with Crippen molar-refractivity contribution in [3.63, 3.8) is 0 Å². The Morgan fingerprint density at radius 1 is 0.900 bits per heavy atom. The van der Waals surface area contributed by atoms with E-state index < -0.39 is 0 Å². The summed E-state index contributed by atoms with van der Waals surface area (Å²) >= 11 is 1.53. The lowest BCUT2D eigenvalue weighted by Gasteiger charge is -2.14. The molecule has 1 heterocycles. The third-order valence-corrected chi connectivity index (χ3v) is 5.90. The number of para-hydroxylation sites is 2. The number of aromatic nitrogens is 2. The molecule has 6 heteroatoms. The van der Waals surface area contributed by atoms with Gasteiger partial charge in [-0.3, -0.25) is 9.36 Å². The summed E-state index contributed by atoms with van der Waals surface area (Å²) in [7, 11) is 3.30. The van der Waals surface area contributed by atoms with Crippen LogP contribution in [0.3, 0.4) is 0 Å². The van der Waals surface area contributed by atoms with E-state index in [4.69, 9.17) is 14.5 Å². The summed E-state index contributed by atoms with van der Waals surface area (Å²) in [4.78, 5) is 18.1. The Labute approximate surface area is 179 Å². The van der Waals surface area contributed by atoms with Gasteiger partial charge in [0.25, 0.3) is 5.56 Å². The highest BCUT2D eigenvalue weighted by Crippen LogP contribution is 2.27. The van der Waals surface area contributed by atoms with Crippen LogP contribution in [0.2, 0.25) is 0 Å². The van der Waals surface area contributed by atoms with Crippen molar-refractivity contribution in [3.8, 4) is 11.5 Å². The van der Waals surface area contributed by atoms with E-state index in [2.05, 4.69) is 0 Å². The quantitative estimate of drug-likeness (QED) is 0.320. The fourth-order valence-electron chi connectivity index (χ4n) is 3.28. The van der Waals surface area contributed by atoms with Gasteiger partial charge in [0.15, 0.2) is 5.16 Å². The Hall–Kier alpha value is -3.25. The molecule has 0 unspecified atom stereocenters. The zero-order chi connectivity index (χ0) is 20.9. The predicted molar refractivity (Wildman–Crippen MR) is 121 cm³/mol. The van der Waals surface area contributed by atoms with Crippen LogP contribution < -0.4 is 15.0 Å². The molecule has 5 nitrogen and oxygen atoms in total. The van der Waals surface area contributed by atoms with Gasteiger partial charge in [-0.1, -0.05) is 54.2 Å². The van der Waals surface area contributed by atoms with Crippen molar-refractivity contribution in [1.29, 1.82) is 0 Å². The lowest BCUT2D eigenvalue weighted by atomic mass is 10.2. The standard InChI is InChI=1S/C24H22N2O3S/c1-28-19-13-11-17(12-14-19)15-26-23(27)20-8-4-5-9-21(20)25-24(26)30-16-18-7-3-6-10-22(18)29-2/h3-14H,15-16H2,1-2H3. The SMILES string of the molecule is COc1ccc(Cn2c(SCc3ccccc3OC)nc3ccccc3c2=O)cc1. The molecule has 0 radical (unpaired) electrons. The fourth-order valence-corrected chi connectivity index (χ4v) is 4.26. The number of methoxy groups -OCH3 is 2. The maximum absolute atomic E-state index is 13.3. The van der Waals surface area contributed by atoms with Gasteiger partial charge in [-0.2, -0.15) is 0 Å². The summed E-state index contributed by atoms with van der Waals surface area (Å²) < 4.78 is 12.4. The Morgan fingerprint density at radius 3 is 2.40 bits per heavy atom. The van der Waals surface area contributed by atoms with E-state index in [0.29, 0.717) is 28.4 Å². The first-order valence-corrected chi connectivity index (χ1v) is 10.6. The summed E-state index contributed by atoms with van der Waals surface area (Å²) in [5.74, 6) is 2.26. The minimum atomic E-state index is -0.0426. The molecule has 1 aromatic heterocycles. The predicted octanol–water partition coefficient (Wildman–Crippen LogP) is 4.75. The summed E-state index contributed by atoms with van der Waals surface area (Å²) in [6.45, 7) is 0.439. The van der Waals surface area contributed by atoms with Crippen LogP contribution in [-0.2, 0) is 12.3 Å². The number of rotatable bonds is 7. The lowest BCUT2D eigenvalue weighted by Crippen LogP contribution is -2.24. The highest BCUT2D eigenvalue weighted by atomic mass is 32.2. The van der Waals surface area contributed by atoms with E-state index in [1.54, 1.807) is 18.8 Å². The molecule has 4 aromatic rings. The summed E-state index contributed by atoms with van der Waals surface area (Å²) in [6, 6.07) is 23.1. The largest absolute Gasteiger partial charge is 0.497 e. The van der Waals surface area contributed by atoms with E-state index in [0.717, 1.165) is 22.6 Å². The first kappa shape index (κ1) is 20.0. The van der Waals surface area contributed by atoms with Crippen molar-refractivity contribution < 1.29 is 9.47 Å². The van der Waals surface area contributed by atoms with Crippen molar-refractivity contribution in [2.75, 3.05) is 14.2 Å². The zero-order valence-corrected chi connectivity index (χ0v) is 17.7. The van der Waals surface area contributed by atoms with Crippen molar-refractivity contribution in [2.24, 2.45) is 0 Å². The van der Waals surface area contributed by atoms with E-state index in [1.807, 2.05) is 72.8 Å². The van der Waals surface area contributed by atoms with Crippen molar-refractivity contribution in [1.82, 2.24) is 9.55 Å². The lowest BCUT2D eigenvalue weighted by molar-refractivity contribution is 0.411. The molecule has 0 aliphatic heterocycles. The number of fused-ring (bicyclic) bond motifs is 1. The molecular formula is C24H22N2O3S. The van der Waals surface area contributed by atoms with Gasteiger partial charge >= 0.3 is 0 Å². The molecule has 0 N–H and O–H groups in total. The van der Waals surface area contributed by atoms with Crippen LogP contribution in [0.5, 0.6) is 11.5 Å². The highest BCUT2D eigenvalue weighted by Gasteiger charge is 2.13. The first-order chi connectivity index (χ1) is 14.7.